The van der Waals surface area contributed by atoms with Crippen LogP contribution in [0.25, 0.3) is 0 Å². The standard InChI is InChI=1S/C16H16O4/c1-19-12-9-6-10-13(20-2)14(12)16(18)15(17)11-7-4-3-5-8-11/h3-10,15,17H,1-2H3. The average Bonchev–Trinajstić information content (AvgIpc) is 2.53. The second-order valence-electron chi connectivity index (χ2n) is 4.22. The summed E-state index contributed by atoms with van der Waals surface area (Å²) in [6.45, 7) is 0. The van der Waals surface area contributed by atoms with Crippen molar-refractivity contribution in [1.82, 2.24) is 0 Å². The lowest BCUT2D eigenvalue weighted by Crippen LogP contribution is -2.14. The van der Waals surface area contributed by atoms with Gasteiger partial charge in [-0.25, -0.2) is 0 Å². The van der Waals surface area contributed by atoms with Crippen LogP contribution in [0.4, 0.5) is 0 Å². The third kappa shape index (κ3) is 2.65. The maximum Gasteiger partial charge on any atom is 0.203 e. The van der Waals surface area contributed by atoms with Gasteiger partial charge < -0.3 is 14.6 Å². The van der Waals surface area contributed by atoms with Gasteiger partial charge in [0.25, 0.3) is 0 Å². The molecule has 1 N–H and O–H groups in total. The zero-order valence-electron chi connectivity index (χ0n) is 11.4. The Morgan fingerprint density at radius 1 is 0.950 bits per heavy atom. The molecule has 0 saturated carbocycles. The monoisotopic (exact) mass is 272 g/mol. The lowest BCUT2D eigenvalue weighted by Gasteiger charge is -2.15. The van der Waals surface area contributed by atoms with Crippen LogP contribution in [0.5, 0.6) is 11.5 Å². The van der Waals surface area contributed by atoms with Crippen molar-refractivity contribution in [3.05, 3.63) is 59.7 Å². The Labute approximate surface area is 117 Å². The molecule has 0 aliphatic carbocycles. The summed E-state index contributed by atoms with van der Waals surface area (Å²) in [5.74, 6) is 0.305. The molecule has 0 fully saturated rings. The molecule has 0 aliphatic rings. The first-order valence-corrected chi connectivity index (χ1v) is 6.17. The maximum absolute atomic E-state index is 12.5. The smallest absolute Gasteiger partial charge is 0.203 e. The molecule has 4 heteroatoms. The van der Waals surface area contributed by atoms with Gasteiger partial charge in [-0.2, -0.15) is 0 Å². The molecule has 0 amide bonds. The fourth-order valence-corrected chi connectivity index (χ4v) is 2.02. The van der Waals surface area contributed by atoms with E-state index in [4.69, 9.17) is 9.47 Å². The molecule has 1 atom stereocenters. The normalized spacial score (nSPS) is 11.8. The summed E-state index contributed by atoms with van der Waals surface area (Å²) < 4.78 is 10.4. The highest BCUT2D eigenvalue weighted by molar-refractivity contribution is 6.04. The minimum Gasteiger partial charge on any atom is -0.496 e. The first kappa shape index (κ1) is 14.1. The third-order valence-electron chi connectivity index (χ3n) is 3.04. The Bertz CT molecular complexity index is 570. The van der Waals surface area contributed by atoms with Gasteiger partial charge in [-0.3, -0.25) is 4.79 Å². The first-order chi connectivity index (χ1) is 9.69. The molecule has 4 nitrogen and oxygen atoms in total. The van der Waals surface area contributed by atoms with Crippen LogP contribution in [0, 0.1) is 0 Å². The summed E-state index contributed by atoms with van der Waals surface area (Å²) in [5, 5.41) is 10.2. The molecule has 0 aliphatic heterocycles. The summed E-state index contributed by atoms with van der Waals surface area (Å²) in [7, 11) is 2.95. The molecular formula is C16H16O4. The highest BCUT2D eigenvalue weighted by Gasteiger charge is 2.25. The lowest BCUT2D eigenvalue weighted by molar-refractivity contribution is 0.0741. The first-order valence-electron chi connectivity index (χ1n) is 6.17. The Kier molecular flexibility index (Phi) is 4.38. The van der Waals surface area contributed by atoms with Gasteiger partial charge in [0.1, 0.15) is 23.2 Å². The van der Waals surface area contributed by atoms with E-state index in [2.05, 4.69) is 0 Å². The number of carbonyl (C=O) groups is 1. The zero-order valence-corrected chi connectivity index (χ0v) is 11.4. The summed E-state index contributed by atoms with van der Waals surface area (Å²) in [6.07, 6.45) is -1.25. The van der Waals surface area contributed by atoms with Crippen molar-refractivity contribution >= 4 is 5.78 Å². The number of methoxy groups -OCH3 is 2. The number of benzene rings is 2. The molecule has 2 aromatic carbocycles. The number of rotatable bonds is 5. The van der Waals surface area contributed by atoms with Crippen LogP contribution in [0.3, 0.4) is 0 Å². The van der Waals surface area contributed by atoms with Gasteiger partial charge >= 0.3 is 0 Å². The lowest BCUT2D eigenvalue weighted by atomic mass is 9.98. The minimum atomic E-state index is -1.25. The quantitative estimate of drug-likeness (QED) is 0.850. The number of aliphatic hydroxyl groups excluding tert-OH is 1. The van der Waals surface area contributed by atoms with Crippen LogP contribution >= 0.6 is 0 Å². The van der Waals surface area contributed by atoms with Gasteiger partial charge in [0.05, 0.1) is 14.2 Å². The minimum absolute atomic E-state index is 0.244. The molecule has 0 aromatic heterocycles. The second-order valence-corrected chi connectivity index (χ2v) is 4.22. The van der Waals surface area contributed by atoms with Crippen molar-refractivity contribution in [1.29, 1.82) is 0 Å². The largest absolute Gasteiger partial charge is 0.496 e. The Hall–Kier alpha value is -2.33. The van der Waals surface area contributed by atoms with E-state index < -0.39 is 11.9 Å². The number of ketones is 1. The fourth-order valence-electron chi connectivity index (χ4n) is 2.02. The van der Waals surface area contributed by atoms with E-state index in [9.17, 15) is 9.90 Å². The van der Waals surface area contributed by atoms with Crippen LogP contribution in [-0.2, 0) is 0 Å². The van der Waals surface area contributed by atoms with Gasteiger partial charge in [0.2, 0.25) is 5.78 Å². The number of carbonyl (C=O) groups excluding carboxylic acids is 1. The molecule has 104 valence electrons. The average molecular weight is 272 g/mol. The Morgan fingerprint density at radius 3 is 2.00 bits per heavy atom. The van der Waals surface area contributed by atoms with Crippen molar-refractivity contribution in [2.45, 2.75) is 6.10 Å². The van der Waals surface area contributed by atoms with Gasteiger partial charge in [-0.05, 0) is 17.7 Å². The Balaban J connectivity index is 2.43. The van der Waals surface area contributed by atoms with Gasteiger partial charge in [-0.15, -0.1) is 0 Å². The van der Waals surface area contributed by atoms with Crippen molar-refractivity contribution < 1.29 is 19.4 Å². The molecule has 20 heavy (non-hydrogen) atoms. The summed E-state index contributed by atoms with van der Waals surface area (Å²) >= 11 is 0. The van der Waals surface area contributed by atoms with Crippen LogP contribution in [-0.4, -0.2) is 25.1 Å². The van der Waals surface area contributed by atoms with Crippen molar-refractivity contribution in [3.8, 4) is 11.5 Å². The van der Waals surface area contributed by atoms with Crippen LogP contribution in [0.15, 0.2) is 48.5 Å². The van der Waals surface area contributed by atoms with E-state index in [1.54, 1.807) is 42.5 Å². The van der Waals surface area contributed by atoms with Crippen molar-refractivity contribution in [3.63, 3.8) is 0 Å². The maximum atomic E-state index is 12.5. The van der Waals surface area contributed by atoms with Gasteiger partial charge in [0, 0.05) is 0 Å². The molecule has 2 aromatic rings. The second kappa shape index (κ2) is 6.21. The molecule has 0 saturated heterocycles. The molecule has 0 spiro atoms. The van der Waals surface area contributed by atoms with Crippen molar-refractivity contribution in [2.24, 2.45) is 0 Å². The van der Waals surface area contributed by atoms with E-state index >= 15 is 0 Å². The number of hydrogen-bond acceptors (Lipinski definition) is 4. The van der Waals surface area contributed by atoms with E-state index in [1.807, 2.05) is 6.07 Å². The number of hydrogen-bond donors (Lipinski definition) is 1. The van der Waals surface area contributed by atoms with Crippen molar-refractivity contribution in [2.75, 3.05) is 14.2 Å². The van der Waals surface area contributed by atoms with Crippen LogP contribution in [0.1, 0.15) is 22.0 Å². The van der Waals surface area contributed by atoms with E-state index in [0.717, 1.165) is 0 Å². The number of Topliss-reactive ketones (excluding diaryl/α,β-unsaturated/α-hetero) is 1. The molecule has 0 bridgehead atoms. The molecule has 0 heterocycles. The SMILES string of the molecule is COc1cccc(OC)c1C(=O)C(O)c1ccccc1. The highest BCUT2D eigenvalue weighted by atomic mass is 16.5. The summed E-state index contributed by atoms with van der Waals surface area (Å²) in [4.78, 5) is 12.5. The topological polar surface area (TPSA) is 55.8 Å². The van der Waals surface area contributed by atoms with E-state index in [1.165, 1.54) is 14.2 Å². The molecular weight excluding hydrogens is 256 g/mol. The van der Waals surface area contributed by atoms with E-state index in [0.29, 0.717) is 17.1 Å². The number of ether oxygens (including phenoxy) is 2. The van der Waals surface area contributed by atoms with E-state index in [-0.39, 0.29) is 5.56 Å². The van der Waals surface area contributed by atoms with Crippen LogP contribution in [0.2, 0.25) is 0 Å². The van der Waals surface area contributed by atoms with Crippen LogP contribution < -0.4 is 9.47 Å². The Morgan fingerprint density at radius 2 is 1.50 bits per heavy atom. The predicted molar refractivity (Wildman–Crippen MR) is 75.3 cm³/mol. The molecule has 0 radical (unpaired) electrons. The third-order valence-corrected chi connectivity index (χ3v) is 3.04. The molecule has 1 unspecified atom stereocenters. The summed E-state index contributed by atoms with van der Waals surface area (Å²) in [6, 6.07) is 13.8. The molecule has 2 rings (SSSR count). The highest BCUT2D eigenvalue weighted by Crippen LogP contribution is 2.32. The number of aliphatic hydroxyl groups is 1. The van der Waals surface area contributed by atoms with Gasteiger partial charge in [-0.1, -0.05) is 36.4 Å². The predicted octanol–water partition coefficient (Wildman–Crippen LogP) is 2.62. The summed E-state index contributed by atoms with van der Waals surface area (Å²) in [5.41, 5.74) is 0.777. The fraction of sp³-hybridized carbons (Fsp3) is 0.188. The zero-order chi connectivity index (χ0) is 14.5. The van der Waals surface area contributed by atoms with Gasteiger partial charge in [0.15, 0.2) is 0 Å².